The standard InChI is InChI=1S/C12H13ClN2O/c1-2-3-6-9-14-12(16)15-11-8-5-4-7-10(11)13/h4-5,7-8H,6,9H2,1H3,(H2,14,15,16). The molecule has 0 saturated heterocycles. The number of hydrogen-bond donors (Lipinski definition) is 2. The van der Waals surface area contributed by atoms with E-state index in [1.807, 2.05) is 12.1 Å². The summed E-state index contributed by atoms with van der Waals surface area (Å²) in [4.78, 5) is 11.4. The van der Waals surface area contributed by atoms with Gasteiger partial charge in [0.1, 0.15) is 0 Å². The van der Waals surface area contributed by atoms with Crippen LogP contribution in [0.2, 0.25) is 5.02 Å². The molecule has 0 fully saturated rings. The maximum atomic E-state index is 11.4. The molecule has 0 atom stereocenters. The average Bonchev–Trinajstić information content (AvgIpc) is 2.28. The molecule has 0 bridgehead atoms. The Labute approximate surface area is 100 Å². The molecule has 0 aliphatic carbocycles. The van der Waals surface area contributed by atoms with Crippen molar-refractivity contribution in [2.75, 3.05) is 11.9 Å². The van der Waals surface area contributed by atoms with Crippen LogP contribution in [0.5, 0.6) is 0 Å². The fraction of sp³-hybridized carbons (Fsp3) is 0.250. The Morgan fingerprint density at radius 2 is 2.19 bits per heavy atom. The lowest BCUT2D eigenvalue weighted by Crippen LogP contribution is -2.29. The molecule has 1 aromatic carbocycles. The number of benzene rings is 1. The molecule has 2 amide bonds. The van der Waals surface area contributed by atoms with Crippen LogP contribution in [0.3, 0.4) is 0 Å². The van der Waals surface area contributed by atoms with Gasteiger partial charge in [0.25, 0.3) is 0 Å². The molecule has 4 heteroatoms. The number of para-hydroxylation sites is 1. The van der Waals surface area contributed by atoms with Crippen LogP contribution in [0.4, 0.5) is 10.5 Å². The first-order valence-electron chi connectivity index (χ1n) is 4.93. The first-order chi connectivity index (χ1) is 7.74. The number of carbonyl (C=O) groups excluding carboxylic acids is 1. The van der Waals surface area contributed by atoms with Gasteiger partial charge in [-0.1, -0.05) is 23.7 Å². The third kappa shape index (κ3) is 4.24. The number of nitrogens with one attached hydrogen (secondary N) is 2. The van der Waals surface area contributed by atoms with Gasteiger partial charge >= 0.3 is 6.03 Å². The Kier molecular flexibility index (Phi) is 5.24. The van der Waals surface area contributed by atoms with Crippen LogP contribution in [0.15, 0.2) is 24.3 Å². The normalized spacial score (nSPS) is 8.88. The monoisotopic (exact) mass is 236 g/mol. The second kappa shape index (κ2) is 6.76. The molecule has 0 aliphatic rings. The number of urea groups is 1. The molecular formula is C12H13ClN2O. The first kappa shape index (κ1) is 12.4. The number of halogens is 1. The molecule has 1 rings (SSSR count). The van der Waals surface area contributed by atoms with E-state index in [4.69, 9.17) is 11.6 Å². The van der Waals surface area contributed by atoms with Crippen LogP contribution < -0.4 is 10.6 Å². The summed E-state index contributed by atoms with van der Waals surface area (Å²) < 4.78 is 0. The van der Waals surface area contributed by atoms with E-state index in [0.29, 0.717) is 23.7 Å². The van der Waals surface area contributed by atoms with E-state index in [-0.39, 0.29) is 6.03 Å². The maximum absolute atomic E-state index is 11.4. The smallest absolute Gasteiger partial charge is 0.319 e. The maximum Gasteiger partial charge on any atom is 0.319 e. The Bertz CT molecular complexity index is 421. The van der Waals surface area contributed by atoms with Gasteiger partial charge < -0.3 is 10.6 Å². The number of hydrogen-bond acceptors (Lipinski definition) is 1. The summed E-state index contributed by atoms with van der Waals surface area (Å²) in [6, 6.07) is 6.81. The van der Waals surface area contributed by atoms with Crippen LogP contribution in [-0.4, -0.2) is 12.6 Å². The van der Waals surface area contributed by atoms with E-state index in [1.54, 1.807) is 19.1 Å². The topological polar surface area (TPSA) is 41.1 Å². The molecule has 3 nitrogen and oxygen atoms in total. The SMILES string of the molecule is CC#CCCNC(=O)Nc1ccccc1Cl. The number of amides is 2. The van der Waals surface area contributed by atoms with Crippen LogP contribution in [0.1, 0.15) is 13.3 Å². The summed E-state index contributed by atoms with van der Waals surface area (Å²) in [5.74, 6) is 5.62. The lowest BCUT2D eigenvalue weighted by Gasteiger charge is -2.07. The third-order valence-corrected chi connectivity index (χ3v) is 2.16. The van der Waals surface area contributed by atoms with Gasteiger partial charge in [0, 0.05) is 13.0 Å². The van der Waals surface area contributed by atoms with Gasteiger partial charge in [-0.05, 0) is 19.1 Å². The highest BCUT2D eigenvalue weighted by Gasteiger charge is 2.02. The minimum absolute atomic E-state index is 0.272. The van der Waals surface area contributed by atoms with Crippen molar-refractivity contribution >= 4 is 23.3 Å². The fourth-order valence-electron chi connectivity index (χ4n) is 1.09. The second-order valence-corrected chi connectivity index (χ2v) is 3.44. The zero-order valence-electron chi connectivity index (χ0n) is 9.01. The molecule has 0 spiro atoms. The highest BCUT2D eigenvalue weighted by atomic mass is 35.5. The Hall–Kier alpha value is -1.66. The van der Waals surface area contributed by atoms with Gasteiger partial charge in [0.15, 0.2) is 0 Å². The van der Waals surface area contributed by atoms with Gasteiger partial charge in [-0.15, -0.1) is 11.8 Å². The molecular weight excluding hydrogens is 224 g/mol. The zero-order chi connectivity index (χ0) is 11.8. The zero-order valence-corrected chi connectivity index (χ0v) is 9.77. The molecule has 2 N–H and O–H groups in total. The summed E-state index contributed by atoms with van der Waals surface area (Å²) in [6.45, 7) is 2.29. The van der Waals surface area contributed by atoms with Crippen molar-refractivity contribution < 1.29 is 4.79 Å². The number of rotatable bonds is 3. The quantitative estimate of drug-likeness (QED) is 0.615. The van der Waals surface area contributed by atoms with Crippen LogP contribution in [0.25, 0.3) is 0 Å². The van der Waals surface area contributed by atoms with E-state index < -0.39 is 0 Å². The van der Waals surface area contributed by atoms with Crippen molar-refractivity contribution in [2.45, 2.75) is 13.3 Å². The van der Waals surface area contributed by atoms with E-state index in [1.165, 1.54) is 0 Å². The summed E-state index contributed by atoms with van der Waals surface area (Å²) in [5, 5.41) is 5.86. The van der Waals surface area contributed by atoms with E-state index in [9.17, 15) is 4.79 Å². The van der Waals surface area contributed by atoms with Crippen molar-refractivity contribution in [3.8, 4) is 11.8 Å². The van der Waals surface area contributed by atoms with Crippen molar-refractivity contribution in [1.29, 1.82) is 0 Å². The fourth-order valence-corrected chi connectivity index (χ4v) is 1.28. The molecule has 0 radical (unpaired) electrons. The molecule has 16 heavy (non-hydrogen) atoms. The van der Waals surface area contributed by atoms with Gasteiger partial charge in [0.2, 0.25) is 0 Å². The van der Waals surface area contributed by atoms with E-state index >= 15 is 0 Å². The highest BCUT2D eigenvalue weighted by Crippen LogP contribution is 2.19. The Morgan fingerprint density at radius 3 is 2.88 bits per heavy atom. The lowest BCUT2D eigenvalue weighted by molar-refractivity contribution is 0.252. The Morgan fingerprint density at radius 1 is 1.44 bits per heavy atom. The van der Waals surface area contributed by atoms with E-state index in [2.05, 4.69) is 22.5 Å². The van der Waals surface area contributed by atoms with E-state index in [0.717, 1.165) is 0 Å². The van der Waals surface area contributed by atoms with Crippen molar-refractivity contribution in [3.05, 3.63) is 29.3 Å². The minimum atomic E-state index is -0.272. The van der Waals surface area contributed by atoms with Crippen LogP contribution in [0, 0.1) is 11.8 Å². The summed E-state index contributed by atoms with van der Waals surface area (Å²) in [5.41, 5.74) is 0.600. The molecule has 0 saturated carbocycles. The molecule has 0 heterocycles. The average molecular weight is 237 g/mol. The predicted molar refractivity (Wildman–Crippen MR) is 66.5 cm³/mol. The number of carbonyl (C=O) groups is 1. The lowest BCUT2D eigenvalue weighted by atomic mass is 10.3. The molecule has 0 aliphatic heterocycles. The number of anilines is 1. The third-order valence-electron chi connectivity index (χ3n) is 1.83. The molecule has 1 aromatic rings. The van der Waals surface area contributed by atoms with Crippen molar-refractivity contribution in [1.82, 2.24) is 5.32 Å². The highest BCUT2D eigenvalue weighted by molar-refractivity contribution is 6.33. The second-order valence-electron chi connectivity index (χ2n) is 3.04. The Balaban J connectivity index is 2.39. The van der Waals surface area contributed by atoms with Crippen molar-refractivity contribution in [2.24, 2.45) is 0 Å². The summed E-state index contributed by atoms with van der Waals surface area (Å²) >= 11 is 5.89. The van der Waals surface area contributed by atoms with Gasteiger partial charge in [0.05, 0.1) is 10.7 Å². The first-order valence-corrected chi connectivity index (χ1v) is 5.31. The minimum Gasteiger partial charge on any atom is -0.337 e. The van der Waals surface area contributed by atoms with Gasteiger partial charge in [-0.25, -0.2) is 4.79 Å². The predicted octanol–water partition coefficient (Wildman–Crippen LogP) is 2.87. The molecule has 84 valence electrons. The van der Waals surface area contributed by atoms with Crippen LogP contribution in [-0.2, 0) is 0 Å². The summed E-state index contributed by atoms with van der Waals surface area (Å²) in [7, 11) is 0. The van der Waals surface area contributed by atoms with Crippen molar-refractivity contribution in [3.63, 3.8) is 0 Å². The van der Waals surface area contributed by atoms with Crippen LogP contribution >= 0.6 is 11.6 Å². The van der Waals surface area contributed by atoms with Gasteiger partial charge in [-0.2, -0.15) is 0 Å². The molecule has 0 unspecified atom stereocenters. The molecule has 0 aromatic heterocycles. The van der Waals surface area contributed by atoms with Gasteiger partial charge in [-0.3, -0.25) is 0 Å². The largest absolute Gasteiger partial charge is 0.337 e. The summed E-state index contributed by atoms with van der Waals surface area (Å²) in [6.07, 6.45) is 0.645.